The van der Waals surface area contributed by atoms with Crippen LogP contribution < -0.4 is 16.0 Å². The van der Waals surface area contributed by atoms with E-state index in [9.17, 15) is 4.79 Å². The Balaban J connectivity index is 2.72. The summed E-state index contributed by atoms with van der Waals surface area (Å²) in [7, 11) is 3.94. The van der Waals surface area contributed by atoms with Gasteiger partial charge in [-0.15, -0.1) is 0 Å². The van der Waals surface area contributed by atoms with E-state index in [1.807, 2.05) is 50.2 Å². The number of amides is 1. The van der Waals surface area contributed by atoms with Gasteiger partial charge in [0.05, 0.1) is 10.9 Å². The molecule has 0 aliphatic rings. The maximum atomic E-state index is 12.1. The number of thiocarbonyl (C=S) groups is 1. The van der Waals surface area contributed by atoms with Gasteiger partial charge in [-0.1, -0.05) is 25.6 Å². The standard InChI is InChI=1S/C14H21N3OS/c1-4-5-12(13(15)19)14(18)16-10-6-8-11(9-7-10)17(2)3/h6-9,12H,4-5H2,1-3H3,(H2,15,19)(H,16,18). The van der Waals surface area contributed by atoms with E-state index in [-0.39, 0.29) is 10.9 Å². The molecule has 0 bridgehead atoms. The third-order valence-corrected chi connectivity index (χ3v) is 3.17. The predicted octanol–water partition coefficient (Wildman–Crippen LogP) is 2.39. The van der Waals surface area contributed by atoms with E-state index in [1.54, 1.807) is 0 Å². The zero-order valence-corrected chi connectivity index (χ0v) is 12.5. The molecule has 1 unspecified atom stereocenters. The lowest BCUT2D eigenvalue weighted by Crippen LogP contribution is -2.33. The molecule has 1 aromatic carbocycles. The van der Waals surface area contributed by atoms with Gasteiger partial charge in [0.25, 0.3) is 0 Å². The van der Waals surface area contributed by atoms with Gasteiger partial charge in [0, 0.05) is 25.5 Å². The third-order valence-electron chi connectivity index (χ3n) is 2.89. The van der Waals surface area contributed by atoms with Crippen LogP contribution in [0.5, 0.6) is 0 Å². The topological polar surface area (TPSA) is 58.4 Å². The number of anilines is 2. The molecule has 0 aliphatic carbocycles. The fourth-order valence-electron chi connectivity index (χ4n) is 1.76. The maximum Gasteiger partial charge on any atom is 0.234 e. The minimum absolute atomic E-state index is 0.132. The number of carbonyl (C=O) groups excluding carboxylic acids is 1. The van der Waals surface area contributed by atoms with Crippen LogP contribution in [0.1, 0.15) is 19.8 Å². The van der Waals surface area contributed by atoms with Crippen LogP contribution in [-0.4, -0.2) is 25.0 Å². The third kappa shape index (κ3) is 4.52. The summed E-state index contributed by atoms with van der Waals surface area (Å²) in [5.41, 5.74) is 7.44. The summed E-state index contributed by atoms with van der Waals surface area (Å²) >= 11 is 4.94. The molecule has 1 amide bonds. The van der Waals surface area contributed by atoms with Crippen LogP contribution in [0.25, 0.3) is 0 Å². The molecule has 0 aliphatic heterocycles. The van der Waals surface area contributed by atoms with Crippen LogP contribution in [0.2, 0.25) is 0 Å². The van der Waals surface area contributed by atoms with Gasteiger partial charge in [-0.05, 0) is 30.7 Å². The molecular formula is C14H21N3OS. The van der Waals surface area contributed by atoms with Crippen molar-refractivity contribution in [1.82, 2.24) is 0 Å². The normalized spacial score (nSPS) is 11.7. The lowest BCUT2D eigenvalue weighted by atomic mass is 10.0. The molecule has 1 aromatic rings. The molecular weight excluding hydrogens is 258 g/mol. The molecule has 0 fully saturated rings. The molecule has 0 radical (unpaired) electrons. The summed E-state index contributed by atoms with van der Waals surface area (Å²) < 4.78 is 0. The summed E-state index contributed by atoms with van der Waals surface area (Å²) in [5.74, 6) is -0.527. The molecule has 104 valence electrons. The van der Waals surface area contributed by atoms with E-state index in [4.69, 9.17) is 18.0 Å². The van der Waals surface area contributed by atoms with Crippen molar-refractivity contribution in [1.29, 1.82) is 0 Å². The van der Waals surface area contributed by atoms with Crippen LogP contribution in [0.3, 0.4) is 0 Å². The first-order valence-electron chi connectivity index (χ1n) is 6.33. The number of hydrogen-bond donors (Lipinski definition) is 2. The van der Waals surface area contributed by atoms with Crippen LogP contribution in [0.15, 0.2) is 24.3 Å². The van der Waals surface area contributed by atoms with Crippen molar-refractivity contribution in [3.8, 4) is 0 Å². The van der Waals surface area contributed by atoms with E-state index in [0.29, 0.717) is 6.42 Å². The zero-order valence-electron chi connectivity index (χ0n) is 11.6. The van der Waals surface area contributed by atoms with Crippen LogP contribution in [-0.2, 0) is 4.79 Å². The zero-order chi connectivity index (χ0) is 14.4. The molecule has 5 heteroatoms. The van der Waals surface area contributed by atoms with E-state index in [1.165, 1.54) is 0 Å². The Morgan fingerprint density at radius 1 is 1.37 bits per heavy atom. The second-order valence-electron chi connectivity index (χ2n) is 4.67. The smallest absolute Gasteiger partial charge is 0.234 e. The minimum Gasteiger partial charge on any atom is -0.393 e. The van der Waals surface area contributed by atoms with Gasteiger partial charge in [-0.25, -0.2) is 0 Å². The van der Waals surface area contributed by atoms with E-state index in [0.717, 1.165) is 17.8 Å². The Morgan fingerprint density at radius 3 is 2.37 bits per heavy atom. The molecule has 19 heavy (non-hydrogen) atoms. The Kier molecular flexibility index (Phi) is 5.76. The second kappa shape index (κ2) is 7.09. The number of nitrogens with two attached hydrogens (primary N) is 1. The largest absolute Gasteiger partial charge is 0.393 e. The highest BCUT2D eigenvalue weighted by Gasteiger charge is 2.20. The van der Waals surface area contributed by atoms with Crippen molar-refractivity contribution in [2.75, 3.05) is 24.3 Å². The van der Waals surface area contributed by atoms with Gasteiger partial charge >= 0.3 is 0 Å². The first-order chi connectivity index (χ1) is 8.95. The highest BCUT2D eigenvalue weighted by molar-refractivity contribution is 7.80. The number of benzene rings is 1. The lowest BCUT2D eigenvalue weighted by Gasteiger charge is -2.16. The fourth-order valence-corrected chi connectivity index (χ4v) is 1.99. The van der Waals surface area contributed by atoms with Gasteiger partial charge in [0.1, 0.15) is 0 Å². The molecule has 3 N–H and O–H groups in total. The Morgan fingerprint density at radius 2 is 1.95 bits per heavy atom. The monoisotopic (exact) mass is 279 g/mol. The number of rotatable bonds is 6. The van der Waals surface area contributed by atoms with Crippen molar-refractivity contribution in [3.63, 3.8) is 0 Å². The first-order valence-corrected chi connectivity index (χ1v) is 6.74. The van der Waals surface area contributed by atoms with Gasteiger partial charge in [0.2, 0.25) is 5.91 Å². The highest BCUT2D eigenvalue weighted by Crippen LogP contribution is 2.17. The van der Waals surface area contributed by atoms with Crippen LogP contribution >= 0.6 is 12.2 Å². The summed E-state index contributed by atoms with van der Waals surface area (Å²) in [6.07, 6.45) is 1.55. The molecule has 1 rings (SSSR count). The van der Waals surface area contributed by atoms with E-state index in [2.05, 4.69) is 5.32 Å². The summed E-state index contributed by atoms with van der Waals surface area (Å²) in [6.45, 7) is 2.00. The molecule has 0 spiro atoms. The summed E-state index contributed by atoms with van der Waals surface area (Å²) in [5, 5.41) is 2.85. The number of nitrogens with one attached hydrogen (secondary N) is 1. The predicted molar refractivity (Wildman–Crippen MR) is 84.6 cm³/mol. The Bertz CT molecular complexity index is 443. The van der Waals surface area contributed by atoms with E-state index >= 15 is 0 Å². The summed E-state index contributed by atoms with van der Waals surface area (Å²) in [6, 6.07) is 7.64. The SMILES string of the molecule is CCCC(C(=O)Nc1ccc(N(C)C)cc1)C(N)=S. The number of nitrogens with zero attached hydrogens (tertiary/aromatic N) is 1. The van der Waals surface area contributed by atoms with Gasteiger partial charge in [0.15, 0.2) is 0 Å². The highest BCUT2D eigenvalue weighted by atomic mass is 32.1. The first kappa shape index (κ1) is 15.4. The van der Waals surface area contributed by atoms with Gasteiger partial charge < -0.3 is 16.0 Å². The molecule has 1 atom stereocenters. The maximum absolute atomic E-state index is 12.1. The quantitative estimate of drug-likeness (QED) is 0.785. The molecule has 0 aromatic heterocycles. The summed E-state index contributed by atoms with van der Waals surface area (Å²) in [4.78, 5) is 14.3. The van der Waals surface area contributed by atoms with Crippen molar-refractivity contribution >= 4 is 34.5 Å². The van der Waals surface area contributed by atoms with Crippen molar-refractivity contribution in [2.24, 2.45) is 11.7 Å². The van der Waals surface area contributed by atoms with Crippen molar-refractivity contribution in [3.05, 3.63) is 24.3 Å². The fraction of sp³-hybridized carbons (Fsp3) is 0.429. The average molecular weight is 279 g/mol. The number of carbonyl (C=O) groups is 1. The Hall–Kier alpha value is -1.62. The minimum atomic E-state index is -0.395. The van der Waals surface area contributed by atoms with Crippen LogP contribution in [0.4, 0.5) is 11.4 Å². The lowest BCUT2D eigenvalue weighted by molar-refractivity contribution is -0.118. The van der Waals surface area contributed by atoms with Gasteiger partial charge in [-0.3, -0.25) is 4.79 Å². The van der Waals surface area contributed by atoms with Crippen molar-refractivity contribution < 1.29 is 4.79 Å². The van der Waals surface area contributed by atoms with E-state index < -0.39 is 5.92 Å². The second-order valence-corrected chi connectivity index (χ2v) is 5.15. The average Bonchev–Trinajstić information content (AvgIpc) is 2.36. The number of hydrogen-bond acceptors (Lipinski definition) is 3. The van der Waals surface area contributed by atoms with Gasteiger partial charge in [-0.2, -0.15) is 0 Å². The Labute approximate surface area is 120 Å². The van der Waals surface area contributed by atoms with Crippen LogP contribution in [0, 0.1) is 5.92 Å². The van der Waals surface area contributed by atoms with Crippen molar-refractivity contribution in [2.45, 2.75) is 19.8 Å². The molecule has 0 heterocycles. The molecule has 0 saturated heterocycles. The molecule has 0 saturated carbocycles. The molecule has 4 nitrogen and oxygen atoms in total.